The number of nitrogens with two attached hydrogens (primary N) is 1. The predicted molar refractivity (Wildman–Crippen MR) is 114 cm³/mol. The Bertz CT molecular complexity index is 996. The molecule has 0 bridgehead atoms. The third-order valence-electron chi connectivity index (χ3n) is 5.06. The SMILES string of the molecule is CC(C)C1CN(C(N)=O)Cc2c(C(=O)NC(C)(C)C)c(-c3ccc(F)c(Cl)c3)nn21. The van der Waals surface area contributed by atoms with E-state index in [0.29, 0.717) is 29.1 Å². The smallest absolute Gasteiger partial charge is 0.315 e. The van der Waals surface area contributed by atoms with Crippen LogP contribution in [-0.2, 0) is 6.54 Å². The van der Waals surface area contributed by atoms with E-state index in [-0.39, 0.29) is 29.4 Å². The fourth-order valence-corrected chi connectivity index (χ4v) is 3.77. The molecule has 1 aliphatic heterocycles. The third-order valence-corrected chi connectivity index (χ3v) is 5.35. The van der Waals surface area contributed by atoms with E-state index in [1.54, 1.807) is 10.7 Å². The lowest BCUT2D eigenvalue weighted by Crippen LogP contribution is -2.46. The highest BCUT2D eigenvalue weighted by Gasteiger charge is 2.36. The molecule has 3 amide bonds. The molecule has 1 atom stereocenters. The number of rotatable bonds is 3. The average Bonchev–Trinajstić information content (AvgIpc) is 3.01. The lowest BCUT2D eigenvalue weighted by atomic mass is 9.98. The van der Waals surface area contributed by atoms with Gasteiger partial charge < -0.3 is 16.0 Å². The summed E-state index contributed by atoms with van der Waals surface area (Å²) in [6, 6.07) is 3.53. The van der Waals surface area contributed by atoms with Gasteiger partial charge in [0.25, 0.3) is 5.91 Å². The van der Waals surface area contributed by atoms with Crippen LogP contribution in [0.2, 0.25) is 5.02 Å². The van der Waals surface area contributed by atoms with Crippen LogP contribution in [0.3, 0.4) is 0 Å². The maximum atomic E-state index is 13.7. The number of fused-ring (bicyclic) bond motifs is 1. The van der Waals surface area contributed by atoms with Crippen molar-refractivity contribution in [3.05, 3.63) is 40.3 Å². The van der Waals surface area contributed by atoms with Crippen molar-refractivity contribution in [2.75, 3.05) is 6.54 Å². The Labute approximate surface area is 180 Å². The van der Waals surface area contributed by atoms with E-state index in [1.165, 1.54) is 17.0 Å². The van der Waals surface area contributed by atoms with Crippen LogP contribution in [0.5, 0.6) is 0 Å². The molecule has 1 unspecified atom stereocenters. The van der Waals surface area contributed by atoms with Gasteiger partial charge in [0.05, 0.1) is 28.9 Å². The van der Waals surface area contributed by atoms with Crippen LogP contribution >= 0.6 is 11.6 Å². The Morgan fingerprint density at radius 3 is 2.53 bits per heavy atom. The highest BCUT2D eigenvalue weighted by Crippen LogP contribution is 2.35. The molecule has 0 aliphatic carbocycles. The van der Waals surface area contributed by atoms with Crippen molar-refractivity contribution < 1.29 is 14.0 Å². The van der Waals surface area contributed by atoms with Crippen molar-refractivity contribution in [1.82, 2.24) is 20.0 Å². The van der Waals surface area contributed by atoms with E-state index in [1.807, 2.05) is 34.6 Å². The van der Waals surface area contributed by atoms with Gasteiger partial charge in [-0.15, -0.1) is 0 Å². The normalized spacial score (nSPS) is 16.5. The van der Waals surface area contributed by atoms with E-state index in [4.69, 9.17) is 22.4 Å². The number of nitrogens with zero attached hydrogens (tertiary/aromatic N) is 3. The number of hydrogen-bond acceptors (Lipinski definition) is 3. The molecule has 0 saturated carbocycles. The molecule has 1 aromatic heterocycles. The van der Waals surface area contributed by atoms with Gasteiger partial charge in [0.1, 0.15) is 11.5 Å². The Kier molecular flexibility index (Phi) is 5.82. The molecule has 0 radical (unpaired) electrons. The van der Waals surface area contributed by atoms with Crippen LogP contribution < -0.4 is 11.1 Å². The fourth-order valence-electron chi connectivity index (χ4n) is 3.59. The molecule has 3 N–H and O–H groups in total. The summed E-state index contributed by atoms with van der Waals surface area (Å²) >= 11 is 5.99. The van der Waals surface area contributed by atoms with Gasteiger partial charge in [-0.1, -0.05) is 25.4 Å². The minimum absolute atomic E-state index is 0.0557. The number of carbonyl (C=O) groups excluding carboxylic acids is 2. The number of aromatic nitrogens is 2. The van der Waals surface area contributed by atoms with Crippen LogP contribution in [0.1, 0.15) is 56.7 Å². The third kappa shape index (κ3) is 4.28. The molecule has 9 heteroatoms. The highest BCUT2D eigenvalue weighted by molar-refractivity contribution is 6.31. The van der Waals surface area contributed by atoms with Gasteiger partial charge in [-0.3, -0.25) is 9.48 Å². The van der Waals surface area contributed by atoms with Crippen molar-refractivity contribution >= 4 is 23.5 Å². The number of benzene rings is 1. The largest absolute Gasteiger partial charge is 0.351 e. The molecule has 2 heterocycles. The number of amides is 3. The lowest BCUT2D eigenvalue weighted by molar-refractivity contribution is 0.0914. The monoisotopic (exact) mass is 435 g/mol. The first-order chi connectivity index (χ1) is 13.9. The molecule has 0 saturated heterocycles. The molecule has 0 spiro atoms. The van der Waals surface area contributed by atoms with Crippen molar-refractivity contribution in [1.29, 1.82) is 0 Å². The maximum absolute atomic E-state index is 13.7. The second kappa shape index (κ2) is 7.91. The summed E-state index contributed by atoms with van der Waals surface area (Å²) < 4.78 is 15.5. The van der Waals surface area contributed by atoms with Crippen LogP contribution in [0, 0.1) is 11.7 Å². The summed E-state index contributed by atoms with van der Waals surface area (Å²) in [6.45, 7) is 10.2. The van der Waals surface area contributed by atoms with Crippen molar-refractivity contribution in [2.45, 2.75) is 52.7 Å². The summed E-state index contributed by atoms with van der Waals surface area (Å²) in [5.41, 5.74) is 6.93. The lowest BCUT2D eigenvalue weighted by Gasteiger charge is -2.35. The highest BCUT2D eigenvalue weighted by atomic mass is 35.5. The van der Waals surface area contributed by atoms with Crippen molar-refractivity contribution in [2.24, 2.45) is 11.7 Å². The molecule has 30 heavy (non-hydrogen) atoms. The van der Waals surface area contributed by atoms with Crippen LogP contribution in [0.15, 0.2) is 18.2 Å². The minimum atomic E-state index is -0.554. The Morgan fingerprint density at radius 1 is 1.33 bits per heavy atom. The van der Waals surface area contributed by atoms with E-state index in [9.17, 15) is 14.0 Å². The van der Waals surface area contributed by atoms with Gasteiger partial charge in [-0.25, -0.2) is 9.18 Å². The summed E-state index contributed by atoms with van der Waals surface area (Å²) in [6.07, 6.45) is 0. The van der Waals surface area contributed by atoms with Crippen LogP contribution in [0.4, 0.5) is 9.18 Å². The zero-order valence-corrected chi connectivity index (χ0v) is 18.5. The van der Waals surface area contributed by atoms with E-state index >= 15 is 0 Å². The number of carbonyl (C=O) groups is 2. The second-order valence-corrected chi connectivity index (χ2v) is 9.39. The first-order valence-electron chi connectivity index (χ1n) is 9.82. The fraction of sp³-hybridized carbons (Fsp3) is 0.476. The Balaban J connectivity index is 2.24. The molecule has 2 aromatic rings. The van der Waals surface area contributed by atoms with Gasteiger partial charge in [-0.2, -0.15) is 5.10 Å². The van der Waals surface area contributed by atoms with E-state index in [2.05, 4.69) is 5.32 Å². The number of hydrogen-bond donors (Lipinski definition) is 2. The number of halogens is 2. The first-order valence-corrected chi connectivity index (χ1v) is 10.2. The van der Waals surface area contributed by atoms with Gasteiger partial charge >= 0.3 is 6.03 Å². The molecular weight excluding hydrogens is 409 g/mol. The molecule has 0 fully saturated rings. The molecular formula is C21H27ClFN5O2. The minimum Gasteiger partial charge on any atom is -0.351 e. The van der Waals surface area contributed by atoms with Crippen molar-refractivity contribution in [3.63, 3.8) is 0 Å². The first kappa shape index (κ1) is 22.1. The van der Waals surface area contributed by atoms with Crippen molar-refractivity contribution in [3.8, 4) is 11.3 Å². The zero-order valence-electron chi connectivity index (χ0n) is 17.8. The zero-order chi connectivity index (χ0) is 22.4. The number of primary amides is 1. The molecule has 3 rings (SSSR count). The van der Waals surface area contributed by atoms with E-state index < -0.39 is 17.4 Å². The molecule has 162 valence electrons. The standard InChI is InChI=1S/C21H27ClFN5O2/c1-11(2)15-9-27(20(24)30)10-16-17(19(29)25-21(3,4)5)18(26-28(15)16)12-6-7-14(23)13(22)8-12/h6-8,11,15H,9-10H2,1-5H3,(H2,24,30)(H,25,29). The van der Waals surface area contributed by atoms with Crippen LogP contribution in [0.25, 0.3) is 11.3 Å². The molecule has 1 aliphatic rings. The number of urea groups is 1. The topological polar surface area (TPSA) is 93.2 Å². The van der Waals surface area contributed by atoms with E-state index in [0.717, 1.165) is 0 Å². The summed E-state index contributed by atoms with van der Waals surface area (Å²) in [5.74, 6) is -0.743. The quantitative estimate of drug-likeness (QED) is 0.764. The Hall–Kier alpha value is -2.61. The van der Waals surface area contributed by atoms with Gasteiger partial charge in [0.2, 0.25) is 0 Å². The molecule has 7 nitrogen and oxygen atoms in total. The van der Waals surface area contributed by atoms with Crippen LogP contribution in [-0.4, -0.2) is 38.7 Å². The van der Waals surface area contributed by atoms with Gasteiger partial charge in [-0.05, 0) is 44.9 Å². The second-order valence-electron chi connectivity index (χ2n) is 8.98. The van der Waals surface area contributed by atoms with Gasteiger partial charge in [0.15, 0.2) is 0 Å². The maximum Gasteiger partial charge on any atom is 0.315 e. The number of nitrogens with one attached hydrogen (secondary N) is 1. The molecule has 1 aromatic carbocycles. The Morgan fingerprint density at radius 2 is 2.00 bits per heavy atom. The summed E-state index contributed by atoms with van der Waals surface area (Å²) in [4.78, 5) is 26.8. The predicted octanol–water partition coefficient (Wildman–Crippen LogP) is 3.96. The average molecular weight is 436 g/mol. The summed E-state index contributed by atoms with van der Waals surface area (Å²) in [5, 5.41) is 7.64. The summed E-state index contributed by atoms with van der Waals surface area (Å²) in [7, 11) is 0. The van der Waals surface area contributed by atoms with Gasteiger partial charge in [0, 0.05) is 17.6 Å².